The number of amides is 2. The van der Waals surface area contributed by atoms with E-state index in [1.807, 2.05) is 4.90 Å². The molecule has 0 saturated carbocycles. The first-order chi connectivity index (χ1) is 15.5. The molecule has 1 aromatic carbocycles. The predicted molar refractivity (Wildman–Crippen MR) is 122 cm³/mol. The normalized spacial score (nSPS) is 17.6. The lowest BCUT2D eigenvalue weighted by atomic mass is 10.1. The Balaban J connectivity index is 1.45. The largest absolute Gasteiger partial charge is 0.475 e. The molecule has 0 spiro atoms. The fourth-order valence-corrected chi connectivity index (χ4v) is 4.80. The van der Waals surface area contributed by atoms with Gasteiger partial charge in [-0.15, -0.1) is 11.3 Å². The summed E-state index contributed by atoms with van der Waals surface area (Å²) < 4.78 is 41.6. The van der Waals surface area contributed by atoms with Gasteiger partial charge in [0.25, 0.3) is 0 Å². The number of ether oxygens (including phenoxy) is 1. The van der Waals surface area contributed by atoms with Crippen LogP contribution in [0.15, 0.2) is 30.3 Å². The molecule has 1 aliphatic rings. The Morgan fingerprint density at radius 3 is 2.61 bits per heavy atom. The molecule has 2 amide bonds. The van der Waals surface area contributed by atoms with Crippen LogP contribution in [0.4, 0.5) is 18.9 Å². The first-order valence-electron chi connectivity index (χ1n) is 10.1. The molecule has 1 aromatic heterocycles. The van der Waals surface area contributed by atoms with Gasteiger partial charge >= 0.3 is 6.18 Å². The smallest absolute Gasteiger partial charge is 0.422 e. The van der Waals surface area contributed by atoms with Crippen LogP contribution in [-0.2, 0) is 9.59 Å². The van der Waals surface area contributed by atoms with Crippen molar-refractivity contribution < 1.29 is 27.5 Å². The Bertz CT molecular complexity index is 982. The van der Waals surface area contributed by atoms with E-state index >= 15 is 0 Å². The summed E-state index contributed by atoms with van der Waals surface area (Å²) in [6.07, 6.45) is -3.81. The number of carbonyl (C=O) groups excluding carboxylic acids is 2. The molecule has 2 aromatic rings. The third kappa shape index (κ3) is 8.06. The zero-order chi connectivity index (χ0) is 24.2. The highest BCUT2D eigenvalue weighted by Crippen LogP contribution is 2.31. The molecular weight excluding hydrogens is 502 g/mol. The topological polar surface area (TPSA) is 70.7 Å². The standard InChI is InChI=1S/C21H22Cl2F3N3O3S/c1-12(17-2-3-19(33-17)32-11-21(24,25)26)27-20(31)13-4-5-29(9-13)10-18(30)28-16-7-14(22)6-15(23)8-16/h2-3,6-8,12-13H,4-5,9-11H2,1H3,(H,27,31)(H,28,30)/t12-,13?/m1/s1. The number of benzene rings is 1. The van der Waals surface area contributed by atoms with Crippen LogP contribution in [0.25, 0.3) is 0 Å². The minimum Gasteiger partial charge on any atom is -0.475 e. The molecule has 2 N–H and O–H groups in total. The van der Waals surface area contributed by atoms with E-state index in [1.54, 1.807) is 31.2 Å². The highest BCUT2D eigenvalue weighted by atomic mass is 35.5. The molecular formula is C21H22Cl2F3N3O3S. The third-order valence-corrected chi connectivity index (χ3v) is 6.54. The molecule has 180 valence electrons. The van der Waals surface area contributed by atoms with Gasteiger partial charge in [-0.25, -0.2) is 0 Å². The number of halogens is 5. The van der Waals surface area contributed by atoms with Crippen molar-refractivity contribution in [2.45, 2.75) is 25.6 Å². The number of rotatable bonds is 8. The second-order valence-corrected chi connectivity index (χ2v) is 9.67. The van der Waals surface area contributed by atoms with Crippen LogP contribution in [0, 0.1) is 5.92 Å². The van der Waals surface area contributed by atoms with Crippen molar-refractivity contribution in [1.82, 2.24) is 10.2 Å². The molecule has 2 heterocycles. The fraction of sp³-hybridized carbons (Fsp3) is 0.429. The second-order valence-electron chi connectivity index (χ2n) is 7.72. The van der Waals surface area contributed by atoms with Crippen molar-refractivity contribution in [2.75, 3.05) is 31.6 Å². The minimum absolute atomic E-state index is 0.119. The molecule has 6 nitrogen and oxygen atoms in total. The molecule has 0 bridgehead atoms. The number of thiophene rings is 1. The number of hydrogen-bond donors (Lipinski definition) is 2. The number of nitrogens with one attached hydrogen (secondary N) is 2. The van der Waals surface area contributed by atoms with Gasteiger partial charge in [0.2, 0.25) is 11.8 Å². The predicted octanol–water partition coefficient (Wildman–Crippen LogP) is 5.13. The monoisotopic (exact) mass is 523 g/mol. The second kappa shape index (κ2) is 10.9. The SMILES string of the molecule is C[C@@H](NC(=O)C1CCN(CC(=O)Nc2cc(Cl)cc(Cl)c2)C1)c1ccc(OCC(F)(F)F)s1. The summed E-state index contributed by atoms with van der Waals surface area (Å²) in [7, 11) is 0. The lowest BCUT2D eigenvalue weighted by Crippen LogP contribution is -2.36. The van der Waals surface area contributed by atoms with Crippen molar-refractivity contribution in [3.8, 4) is 5.06 Å². The van der Waals surface area contributed by atoms with Crippen molar-refractivity contribution in [2.24, 2.45) is 5.92 Å². The van der Waals surface area contributed by atoms with Crippen molar-refractivity contribution in [1.29, 1.82) is 0 Å². The van der Waals surface area contributed by atoms with Crippen LogP contribution in [0.1, 0.15) is 24.3 Å². The minimum atomic E-state index is -4.41. The van der Waals surface area contributed by atoms with E-state index in [0.29, 0.717) is 40.1 Å². The first-order valence-corrected chi connectivity index (χ1v) is 11.6. The van der Waals surface area contributed by atoms with E-state index in [2.05, 4.69) is 10.6 Å². The van der Waals surface area contributed by atoms with E-state index in [0.717, 1.165) is 11.3 Å². The van der Waals surface area contributed by atoms with E-state index < -0.39 is 12.8 Å². The molecule has 33 heavy (non-hydrogen) atoms. The molecule has 2 atom stereocenters. The summed E-state index contributed by atoms with van der Waals surface area (Å²) in [5.41, 5.74) is 0.495. The molecule has 0 radical (unpaired) electrons. The van der Waals surface area contributed by atoms with Gasteiger partial charge in [-0.3, -0.25) is 14.5 Å². The third-order valence-electron chi connectivity index (χ3n) is 4.92. The summed E-state index contributed by atoms with van der Waals surface area (Å²) in [5.74, 6) is -0.701. The highest BCUT2D eigenvalue weighted by molar-refractivity contribution is 7.13. The number of hydrogen-bond acceptors (Lipinski definition) is 5. The Morgan fingerprint density at radius 1 is 1.24 bits per heavy atom. The molecule has 1 unspecified atom stereocenters. The molecule has 0 aliphatic carbocycles. The van der Waals surface area contributed by atoms with Gasteiger partial charge in [0.1, 0.15) is 0 Å². The van der Waals surface area contributed by atoms with Crippen molar-refractivity contribution in [3.63, 3.8) is 0 Å². The maximum atomic E-state index is 12.6. The number of carbonyl (C=O) groups is 2. The van der Waals surface area contributed by atoms with Gasteiger partial charge in [0.15, 0.2) is 11.7 Å². The molecule has 1 fully saturated rings. The van der Waals surface area contributed by atoms with Crippen LogP contribution in [-0.4, -0.2) is 49.1 Å². The maximum absolute atomic E-state index is 12.6. The van der Waals surface area contributed by atoms with Gasteiger partial charge in [-0.05, 0) is 50.2 Å². The van der Waals surface area contributed by atoms with Gasteiger partial charge in [0, 0.05) is 27.2 Å². The Hall–Kier alpha value is -2.01. The average Bonchev–Trinajstić information content (AvgIpc) is 3.34. The lowest BCUT2D eigenvalue weighted by molar-refractivity contribution is -0.152. The molecule has 1 saturated heterocycles. The van der Waals surface area contributed by atoms with Gasteiger partial charge in [0.05, 0.1) is 18.5 Å². The number of anilines is 1. The molecule has 12 heteroatoms. The first kappa shape index (κ1) is 25.6. The van der Waals surface area contributed by atoms with E-state index in [-0.39, 0.29) is 35.4 Å². The zero-order valence-electron chi connectivity index (χ0n) is 17.5. The van der Waals surface area contributed by atoms with Gasteiger partial charge in [-0.2, -0.15) is 13.2 Å². The average molecular weight is 524 g/mol. The Kier molecular flexibility index (Phi) is 8.49. The number of alkyl halides is 3. The quantitative estimate of drug-likeness (QED) is 0.502. The summed E-state index contributed by atoms with van der Waals surface area (Å²) >= 11 is 12.9. The van der Waals surface area contributed by atoms with E-state index in [4.69, 9.17) is 27.9 Å². The van der Waals surface area contributed by atoms with E-state index in [9.17, 15) is 22.8 Å². The molecule has 3 rings (SSSR count). The lowest BCUT2D eigenvalue weighted by Gasteiger charge is -2.18. The summed E-state index contributed by atoms with van der Waals surface area (Å²) in [6, 6.07) is 7.46. The summed E-state index contributed by atoms with van der Waals surface area (Å²) in [5, 5.41) is 6.59. The summed E-state index contributed by atoms with van der Waals surface area (Å²) in [4.78, 5) is 27.5. The van der Waals surface area contributed by atoms with Crippen LogP contribution in [0.5, 0.6) is 5.06 Å². The van der Waals surface area contributed by atoms with Crippen molar-refractivity contribution in [3.05, 3.63) is 45.3 Å². The Morgan fingerprint density at radius 2 is 1.94 bits per heavy atom. The molecule has 1 aliphatic heterocycles. The van der Waals surface area contributed by atoms with Crippen molar-refractivity contribution >= 4 is 52.0 Å². The number of likely N-dealkylation sites (tertiary alicyclic amines) is 1. The zero-order valence-corrected chi connectivity index (χ0v) is 19.9. The van der Waals surface area contributed by atoms with Crippen LogP contribution in [0.2, 0.25) is 10.0 Å². The van der Waals surface area contributed by atoms with Crippen LogP contribution >= 0.6 is 34.5 Å². The highest BCUT2D eigenvalue weighted by Gasteiger charge is 2.31. The van der Waals surface area contributed by atoms with E-state index in [1.165, 1.54) is 6.07 Å². The fourth-order valence-electron chi connectivity index (χ4n) is 3.42. The van der Waals surface area contributed by atoms with Crippen LogP contribution in [0.3, 0.4) is 0 Å². The van der Waals surface area contributed by atoms with Gasteiger partial charge in [-0.1, -0.05) is 23.2 Å². The van der Waals surface area contributed by atoms with Crippen LogP contribution < -0.4 is 15.4 Å². The maximum Gasteiger partial charge on any atom is 0.422 e. The number of nitrogens with zero attached hydrogens (tertiary/aromatic N) is 1. The summed E-state index contributed by atoms with van der Waals surface area (Å²) in [6.45, 7) is 1.53. The van der Waals surface area contributed by atoms with Gasteiger partial charge < -0.3 is 15.4 Å². The Labute approximate surface area is 203 Å².